The maximum absolute atomic E-state index is 5.52. The van der Waals surface area contributed by atoms with Crippen molar-refractivity contribution in [2.45, 2.75) is 0 Å². The van der Waals surface area contributed by atoms with Crippen LogP contribution < -0.4 is 5.32 Å². The van der Waals surface area contributed by atoms with Crippen LogP contribution in [0.4, 0.5) is 5.69 Å². The quantitative estimate of drug-likeness (QED) is 0.859. The third-order valence-corrected chi connectivity index (χ3v) is 3.91. The molecule has 0 aliphatic carbocycles. The lowest BCUT2D eigenvalue weighted by Crippen LogP contribution is -2.42. The third-order valence-electron chi connectivity index (χ3n) is 3.55. The fourth-order valence-electron chi connectivity index (χ4n) is 2.42. The average Bonchev–Trinajstić information content (AvgIpc) is 2.57. The first-order valence-electron chi connectivity index (χ1n) is 7.13. The van der Waals surface area contributed by atoms with Crippen LogP contribution in [0, 0.1) is 0 Å². The summed E-state index contributed by atoms with van der Waals surface area (Å²) in [7, 11) is 0. The molecule has 1 fully saturated rings. The molecule has 0 radical (unpaired) electrons. The van der Waals surface area contributed by atoms with Crippen LogP contribution in [0.25, 0.3) is 11.1 Å². The van der Waals surface area contributed by atoms with E-state index in [4.69, 9.17) is 17.0 Å². The molecule has 4 heteroatoms. The lowest BCUT2D eigenvalue weighted by Gasteiger charge is -2.29. The molecule has 1 N–H and O–H groups in total. The molecule has 1 saturated heterocycles. The maximum Gasteiger partial charge on any atom is 0.173 e. The molecule has 0 spiro atoms. The molecule has 108 valence electrons. The number of morpholine rings is 1. The van der Waals surface area contributed by atoms with Crippen molar-refractivity contribution < 1.29 is 4.74 Å². The number of rotatable bonds is 2. The van der Waals surface area contributed by atoms with Gasteiger partial charge in [-0.3, -0.25) is 0 Å². The average molecular weight is 298 g/mol. The fraction of sp³-hybridized carbons (Fsp3) is 0.235. The molecule has 0 amide bonds. The van der Waals surface area contributed by atoms with Crippen LogP contribution in [0.5, 0.6) is 0 Å². The summed E-state index contributed by atoms with van der Waals surface area (Å²) in [6, 6.07) is 18.6. The molecule has 0 saturated carbocycles. The first-order chi connectivity index (χ1) is 10.3. The van der Waals surface area contributed by atoms with E-state index in [2.05, 4.69) is 34.5 Å². The van der Waals surface area contributed by atoms with Crippen LogP contribution in [0.3, 0.4) is 0 Å². The fourth-order valence-corrected chi connectivity index (χ4v) is 2.71. The lowest BCUT2D eigenvalue weighted by atomic mass is 10.0. The summed E-state index contributed by atoms with van der Waals surface area (Å²) in [6.45, 7) is 3.17. The highest BCUT2D eigenvalue weighted by Gasteiger charge is 2.14. The standard InChI is InChI=1S/C17H18N2OS/c21-17(19-10-12-20-13-11-19)18-16-9-5-4-8-15(16)14-6-2-1-3-7-14/h1-9H,10-13H2,(H,18,21). The second kappa shape index (κ2) is 6.70. The highest BCUT2D eigenvalue weighted by Crippen LogP contribution is 2.27. The molecule has 0 bridgehead atoms. The second-order valence-electron chi connectivity index (χ2n) is 4.94. The van der Waals surface area contributed by atoms with E-state index in [9.17, 15) is 0 Å². The highest BCUT2D eigenvalue weighted by molar-refractivity contribution is 7.80. The summed E-state index contributed by atoms with van der Waals surface area (Å²) in [4.78, 5) is 2.15. The Kier molecular flexibility index (Phi) is 4.48. The first kappa shape index (κ1) is 14.0. The molecular weight excluding hydrogens is 280 g/mol. The van der Waals surface area contributed by atoms with Gasteiger partial charge in [-0.25, -0.2) is 0 Å². The van der Waals surface area contributed by atoms with E-state index in [1.165, 1.54) is 5.56 Å². The number of anilines is 1. The number of benzene rings is 2. The normalized spacial score (nSPS) is 14.8. The molecule has 0 unspecified atom stereocenters. The number of para-hydroxylation sites is 1. The number of thiocarbonyl (C=S) groups is 1. The van der Waals surface area contributed by atoms with Gasteiger partial charge in [-0.15, -0.1) is 0 Å². The van der Waals surface area contributed by atoms with Gasteiger partial charge in [0.15, 0.2) is 5.11 Å². The number of hydrogen-bond donors (Lipinski definition) is 1. The largest absolute Gasteiger partial charge is 0.378 e. The molecule has 21 heavy (non-hydrogen) atoms. The summed E-state index contributed by atoms with van der Waals surface area (Å²) >= 11 is 5.52. The summed E-state index contributed by atoms with van der Waals surface area (Å²) in [5.41, 5.74) is 3.39. The van der Waals surface area contributed by atoms with Crippen LogP contribution in [0.1, 0.15) is 0 Å². The Hall–Kier alpha value is -1.91. The van der Waals surface area contributed by atoms with Gasteiger partial charge in [0.2, 0.25) is 0 Å². The van der Waals surface area contributed by atoms with E-state index in [-0.39, 0.29) is 0 Å². The highest BCUT2D eigenvalue weighted by atomic mass is 32.1. The second-order valence-corrected chi connectivity index (χ2v) is 5.33. The molecule has 0 aromatic heterocycles. The minimum absolute atomic E-state index is 0.738. The van der Waals surface area contributed by atoms with Gasteiger partial charge >= 0.3 is 0 Å². The Balaban J connectivity index is 1.81. The SMILES string of the molecule is S=C(Nc1ccccc1-c1ccccc1)N1CCOCC1. The molecule has 1 heterocycles. The molecule has 1 aliphatic heterocycles. The Bertz CT molecular complexity index is 609. The van der Waals surface area contributed by atoms with E-state index in [0.717, 1.165) is 42.7 Å². The minimum Gasteiger partial charge on any atom is -0.378 e. The van der Waals surface area contributed by atoms with Gasteiger partial charge in [0.05, 0.1) is 13.2 Å². The van der Waals surface area contributed by atoms with Crippen molar-refractivity contribution in [1.29, 1.82) is 0 Å². The summed E-state index contributed by atoms with van der Waals surface area (Å²) in [6.07, 6.45) is 0. The van der Waals surface area contributed by atoms with Crippen molar-refractivity contribution in [3.05, 3.63) is 54.6 Å². The van der Waals surface area contributed by atoms with Crippen LogP contribution in [0.2, 0.25) is 0 Å². The monoisotopic (exact) mass is 298 g/mol. The van der Waals surface area contributed by atoms with Gasteiger partial charge in [0.25, 0.3) is 0 Å². The predicted molar refractivity (Wildman–Crippen MR) is 90.5 cm³/mol. The van der Waals surface area contributed by atoms with Crippen molar-refractivity contribution in [3.63, 3.8) is 0 Å². The van der Waals surface area contributed by atoms with Gasteiger partial charge < -0.3 is 15.0 Å². The van der Waals surface area contributed by atoms with Gasteiger partial charge in [0, 0.05) is 24.3 Å². The van der Waals surface area contributed by atoms with Crippen molar-refractivity contribution in [2.75, 3.05) is 31.6 Å². The molecule has 1 aliphatic rings. The number of nitrogens with zero attached hydrogens (tertiary/aromatic N) is 1. The van der Waals surface area contributed by atoms with Crippen LogP contribution >= 0.6 is 12.2 Å². The number of nitrogens with one attached hydrogen (secondary N) is 1. The molecule has 2 aromatic carbocycles. The molecule has 3 nitrogen and oxygen atoms in total. The molecule has 2 aromatic rings. The zero-order chi connectivity index (χ0) is 14.5. The van der Waals surface area contributed by atoms with Crippen LogP contribution in [-0.2, 0) is 4.74 Å². The van der Waals surface area contributed by atoms with E-state index in [1.54, 1.807) is 0 Å². The Morgan fingerprint density at radius 3 is 2.38 bits per heavy atom. The summed E-state index contributed by atoms with van der Waals surface area (Å²) < 4.78 is 5.36. The van der Waals surface area contributed by atoms with Crippen LogP contribution in [-0.4, -0.2) is 36.3 Å². The molecule has 3 rings (SSSR count). The van der Waals surface area contributed by atoms with E-state index in [1.807, 2.05) is 30.3 Å². The van der Waals surface area contributed by atoms with Crippen molar-refractivity contribution in [3.8, 4) is 11.1 Å². The Morgan fingerprint density at radius 1 is 0.952 bits per heavy atom. The third kappa shape index (κ3) is 3.40. The zero-order valence-corrected chi connectivity index (χ0v) is 12.6. The van der Waals surface area contributed by atoms with E-state index >= 15 is 0 Å². The topological polar surface area (TPSA) is 24.5 Å². The van der Waals surface area contributed by atoms with E-state index < -0.39 is 0 Å². The van der Waals surface area contributed by atoms with Gasteiger partial charge in [-0.2, -0.15) is 0 Å². The van der Waals surface area contributed by atoms with Gasteiger partial charge in [-0.1, -0.05) is 48.5 Å². The summed E-state index contributed by atoms with van der Waals surface area (Å²) in [5, 5.41) is 4.15. The van der Waals surface area contributed by atoms with E-state index in [0.29, 0.717) is 0 Å². The smallest absolute Gasteiger partial charge is 0.173 e. The van der Waals surface area contributed by atoms with Crippen molar-refractivity contribution >= 4 is 23.0 Å². The van der Waals surface area contributed by atoms with Crippen molar-refractivity contribution in [1.82, 2.24) is 4.90 Å². The summed E-state index contributed by atoms with van der Waals surface area (Å²) in [5.74, 6) is 0. The first-order valence-corrected chi connectivity index (χ1v) is 7.53. The molecule has 0 atom stereocenters. The maximum atomic E-state index is 5.52. The Morgan fingerprint density at radius 2 is 1.62 bits per heavy atom. The Labute approximate surface area is 130 Å². The van der Waals surface area contributed by atoms with Gasteiger partial charge in [0.1, 0.15) is 0 Å². The zero-order valence-electron chi connectivity index (χ0n) is 11.8. The minimum atomic E-state index is 0.738. The lowest BCUT2D eigenvalue weighted by molar-refractivity contribution is 0.0690. The predicted octanol–water partition coefficient (Wildman–Crippen LogP) is 3.38. The molecular formula is C17H18N2OS. The number of ether oxygens (including phenoxy) is 1. The van der Waals surface area contributed by atoms with Crippen molar-refractivity contribution in [2.24, 2.45) is 0 Å². The van der Waals surface area contributed by atoms with Gasteiger partial charge in [-0.05, 0) is 23.8 Å². The number of hydrogen-bond acceptors (Lipinski definition) is 2. The van der Waals surface area contributed by atoms with Crippen LogP contribution in [0.15, 0.2) is 54.6 Å².